The summed E-state index contributed by atoms with van der Waals surface area (Å²) in [6, 6.07) is 2.74. The molecule has 0 heterocycles. The van der Waals surface area contributed by atoms with E-state index in [-0.39, 0.29) is 17.3 Å². The van der Waals surface area contributed by atoms with Crippen LogP contribution in [0.4, 0.5) is 13.2 Å². The zero-order valence-electron chi connectivity index (χ0n) is 9.91. The number of benzene rings is 1. The third-order valence-electron chi connectivity index (χ3n) is 2.15. The summed E-state index contributed by atoms with van der Waals surface area (Å²) in [6.07, 6.45) is -3.23. The Bertz CT molecular complexity index is 521. The lowest BCUT2D eigenvalue weighted by Crippen LogP contribution is -2.11. The minimum Gasteiger partial charge on any atom is -0.493 e. The molecule has 1 aromatic carbocycles. The SMILES string of the molecule is CCCOc1ccc(S(C)(=O)=O)cc1C(F)(F)F. The number of hydrogen-bond donors (Lipinski definition) is 0. The predicted octanol–water partition coefficient (Wildman–Crippen LogP) is 2.90. The Morgan fingerprint density at radius 1 is 1.28 bits per heavy atom. The van der Waals surface area contributed by atoms with Crippen LogP contribution in [0.5, 0.6) is 5.75 Å². The third-order valence-corrected chi connectivity index (χ3v) is 3.26. The Kier molecular flexibility index (Phi) is 4.26. The highest BCUT2D eigenvalue weighted by molar-refractivity contribution is 7.90. The molecular weight excluding hydrogens is 269 g/mol. The van der Waals surface area contributed by atoms with Gasteiger partial charge >= 0.3 is 6.18 Å². The van der Waals surface area contributed by atoms with Crippen LogP contribution in [0.15, 0.2) is 23.1 Å². The average molecular weight is 282 g/mol. The summed E-state index contributed by atoms with van der Waals surface area (Å²) < 4.78 is 65.7. The Labute approximate surface area is 103 Å². The fraction of sp³-hybridized carbons (Fsp3) is 0.455. The van der Waals surface area contributed by atoms with E-state index in [1.54, 1.807) is 6.92 Å². The molecule has 3 nitrogen and oxygen atoms in total. The van der Waals surface area contributed by atoms with E-state index in [9.17, 15) is 21.6 Å². The molecule has 0 aliphatic heterocycles. The van der Waals surface area contributed by atoms with Gasteiger partial charge in [-0.05, 0) is 24.6 Å². The first-order valence-corrected chi connectivity index (χ1v) is 7.09. The lowest BCUT2D eigenvalue weighted by molar-refractivity contribution is -0.139. The number of ether oxygens (including phenoxy) is 1. The van der Waals surface area contributed by atoms with Gasteiger partial charge in [-0.25, -0.2) is 8.42 Å². The van der Waals surface area contributed by atoms with Gasteiger partial charge in [0.1, 0.15) is 5.75 Å². The van der Waals surface area contributed by atoms with Gasteiger partial charge in [0.15, 0.2) is 9.84 Å². The van der Waals surface area contributed by atoms with E-state index in [0.717, 1.165) is 18.4 Å². The smallest absolute Gasteiger partial charge is 0.420 e. The molecule has 0 saturated heterocycles. The largest absolute Gasteiger partial charge is 0.493 e. The maximum absolute atomic E-state index is 12.8. The van der Waals surface area contributed by atoms with Crippen LogP contribution in [0.1, 0.15) is 18.9 Å². The molecule has 0 saturated carbocycles. The van der Waals surface area contributed by atoms with Gasteiger partial charge in [0, 0.05) is 6.26 Å². The van der Waals surface area contributed by atoms with Gasteiger partial charge < -0.3 is 4.74 Å². The number of rotatable bonds is 4. The van der Waals surface area contributed by atoms with Crippen LogP contribution in [0.2, 0.25) is 0 Å². The van der Waals surface area contributed by atoms with E-state index in [0.29, 0.717) is 12.5 Å². The molecule has 0 aliphatic rings. The lowest BCUT2D eigenvalue weighted by atomic mass is 10.2. The van der Waals surface area contributed by atoms with Crippen LogP contribution in [0.25, 0.3) is 0 Å². The highest BCUT2D eigenvalue weighted by atomic mass is 32.2. The van der Waals surface area contributed by atoms with E-state index in [2.05, 4.69) is 0 Å². The van der Waals surface area contributed by atoms with Crippen LogP contribution in [0, 0.1) is 0 Å². The van der Waals surface area contributed by atoms with E-state index >= 15 is 0 Å². The van der Waals surface area contributed by atoms with Crippen LogP contribution in [-0.2, 0) is 16.0 Å². The quantitative estimate of drug-likeness (QED) is 0.853. The normalized spacial score (nSPS) is 12.5. The predicted molar refractivity (Wildman–Crippen MR) is 60.3 cm³/mol. The van der Waals surface area contributed by atoms with Crippen molar-refractivity contribution in [2.45, 2.75) is 24.4 Å². The van der Waals surface area contributed by atoms with E-state index in [1.165, 1.54) is 0 Å². The summed E-state index contributed by atoms with van der Waals surface area (Å²) in [6.45, 7) is 1.90. The summed E-state index contributed by atoms with van der Waals surface area (Å²) >= 11 is 0. The Morgan fingerprint density at radius 2 is 1.89 bits per heavy atom. The van der Waals surface area contributed by atoms with Gasteiger partial charge in [-0.3, -0.25) is 0 Å². The highest BCUT2D eigenvalue weighted by Gasteiger charge is 2.35. The van der Waals surface area contributed by atoms with Crippen LogP contribution in [-0.4, -0.2) is 21.3 Å². The summed E-state index contributed by atoms with van der Waals surface area (Å²) in [4.78, 5) is -0.376. The molecule has 0 aromatic heterocycles. The van der Waals surface area contributed by atoms with Crippen LogP contribution < -0.4 is 4.74 Å². The highest BCUT2D eigenvalue weighted by Crippen LogP contribution is 2.37. The molecule has 18 heavy (non-hydrogen) atoms. The maximum Gasteiger partial charge on any atom is 0.420 e. The second-order valence-corrected chi connectivity index (χ2v) is 5.79. The number of sulfone groups is 1. The van der Waals surface area contributed by atoms with Crippen molar-refractivity contribution in [3.05, 3.63) is 23.8 Å². The van der Waals surface area contributed by atoms with Gasteiger partial charge in [0.2, 0.25) is 0 Å². The molecule has 0 N–H and O–H groups in total. The van der Waals surface area contributed by atoms with Crippen LogP contribution in [0.3, 0.4) is 0 Å². The maximum atomic E-state index is 12.8. The summed E-state index contributed by atoms with van der Waals surface area (Å²) in [7, 11) is -3.68. The van der Waals surface area contributed by atoms with Crippen molar-refractivity contribution >= 4 is 9.84 Å². The molecule has 0 unspecified atom stereocenters. The molecule has 7 heteroatoms. The minimum atomic E-state index is -4.65. The molecule has 1 aromatic rings. The molecular formula is C11H13F3O3S. The van der Waals surface area contributed by atoms with Crippen molar-refractivity contribution < 1.29 is 26.3 Å². The first-order valence-electron chi connectivity index (χ1n) is 5.20. The molecule has 0 bridgehead atoms. The number of hydrogen-bond acceptors (Lipinski definition) is 3. The first-order chi connectivity index (χ1) is 8.16. The summed E-state index contributed by atoms with van der Waals surface area (Å²) in [5, 5.41) is 0. The number of halogens is 3. The van der Waals surface area contributed by atoms with Crippen molar-refractivity contribution in [2.75, 3.05) is 12.9 Å². The van der Waals surface area contributed by atoms with E-state index in [1.807, 2.05) is 0 Å². The zero-order valence-corrected chi connectivity index (χ0v) is 10.7. The van der Waals surface area contributed by atoms with Gasteiger partial charge in [0.25, 0.3) is 0 Å². The topological polar surface area (TPSA) is 43.4 Å². The van der Waals surface area contributed by atoms with Gasteiger partial charge in [-0.2, -0.15) is 13.2 Å². The van der Waals surface area contributed by atoms with Crippen LogP contribution >= 0.6 is 0 Å². The molecule has 102 valence electrons. The fourth-order valence-electron chi connectivity index (χ4n) is 1.30. The fourth-order valence-corrected chi connectivity index (χ4v) is 1.95. The van der Waals surface area contributed by atoms with E-state index < -0.39 is 21.6 Å². The molecule has 1 rings (SSSR count). The van der Waals surface area contributed by atoms with Gasteiger partial charge in [0.05, 0.1) is 17.1 Å². The van der Waals surface area contributed by atoms with Gasteiger partial charge in [-0.1, -0.05) is 6.92 Å². The molecule has 0 amide bonds. The minimum absolute atomic E-state index is 0.140. The third kappa shape index (κ3) is 3.63. The number of alkyl halides is 3. The Hall–Kier alpha value is -1.24. The van der Waals surface area contributed by atoms with E-state index in [4.69, 9.17) is 4.74 Å². The lowest BCUT2D eigenvalue weighted by Gasteiger charge is -2.14. The second-order valence-electron chi connectivity index (χ2n) is 3.78. The zero-order chi connectivity index (χ0) is 14.0. The summed E-state index contributed by atoms with van der Waals surface area (Å²) in [5.74, 6) is -0.350. The monoisotopic (exact) mass is 282 g/mol. The molecule has 0 aliphatic carbocycles. The van der Waals surface area contributed by atoms with Crippen molar-refractivity contribution in [3.8, 4) is 5.75 Å². The molecule has 0 atom stereocenters. The Morgan fingerprint density at radius 3 is 2.33 bits per heavy atom. The molecule has 0 radical (unpaired) electrons. The van der Waals surface area contributed by atoms with Crippen molar-refractivity contribution in [1.82, 2.24) is 0 Å². The first kappa shape index (κ1) is 14.8. The van der Waals surface area contributed by atoms with Gasteiger partial charge in [-0.15, -0.1) is 0 Å². The Balaban J connectivity index is 3.30. The van der Waals surface area contributed by atoms with Crippen molar-refractivity contribution in [2.24, 2.45) is 0 Å². The molecule has 0 fully saturated rings. The van der Waals surface area contributed by atoms with Crippen molar-refractivity contribution in [3.63, 3.8) is 0 Å². The standard InChI is InChI=1S/C11H13F3O3S/c1-3-6-17-10-5-4-8(18(2,15)16)7-9(10)11(12,13)14/h4-5,7H,3,6H2,1-2H3. The molecule has 0 spiro atoms. The average Bonchev–Trinajstić information content (AvgIpc) is 2.23. The van der Waals surface area contributed by atoms with Crippen molar-refractivity contribution in [1.29, 1.82) is 0 Å². The second kappa shape index (κ2) is 5.17. The summed E-state index contributed by atoms with van der Waals surface area (Å²) in [5.41, 5.74) is -1.07.